The molecule has 0 unspecified atom stereocenters. The molecule has 104 valence electrons. The first-order valence-corrected chi connectivity index (χ1v) is 7.04. The van der Waals surface area contributed by atoms with Crippen LogP contribution in [0.2, 0.25) is 5.02 Å². The number of hydrogen-bond donors (Lipinski definition) is 0. The zero-order valence-corrected chi connectivity index (χ0v) is 12.5. The van der Waals surface area contributed by atoms with Crippen molar-refractivity contribution < 1.29 is 9.53 Å². The lowest BCUT2D eigenvalue weighted by molar-refractivity contribution is 0.0696. The van der Waals surface area contributed by atoms with E-state index in [1.54, 1.807) is 13.2 Å². The number of piperidine rings is 1. The number of amides is 1. The van der Waals surface area contributed by atoms with E-state index in [0.29, 0.717) is 22.3 Å². The number of likely N-dealkylation sites (tertiary alicyclic amines) is 1. The predicted molar refractivity (Wildman–Crippen MR) is 77.0 cm³/mol. The number of aryl methyl sites for hydroxylation is 1. The maximum absolute atomic E-state index is 12.5. The standard InChI is InChI=1S/C15H20ClNO2/c1-10-4-6-17(7-5-10)15(18)12-9-13(16)14(19-3)8-11(12)2/h8-10H,4-7H2,1-3H3. The second kappa shape index (κ2) is 5.83. The van der Waals surface area contributed by atoms with Gasteiger partial charge in [0.15, 0.2) is 0 Å². The van der Waals surface area contributed by atoms with Crippen LogP contribution >= 0.6 is 11.6 Å². The number of methoxy groups -OCH3 is 1. The first-order chi connectivity index (χ1) is 9.02. The van der Waals surface area contributed by atoms with Gasteiger partial charge in [-0.2, -0.15) is 0 Å². The molecule has 0 aromatic heterocycles. The third kappa shape index (κ3) is 3.03. The van der Waals surface area contributed by atoms with Crippen LogP contribution in [0.15, 0.2) is 12.1 Å². The van der Waals surface area contributed by atoms with Gasteiger partial charge in [0, 0.05) is 18.7 Å². The minimum atomic E-state index is 0.0777. The fraction of sp³-hybridized carbons (Fsp3) is 0.533. The molecule has 1 aliphatic heterocycles. The number of rotatable bonds is 2. The summed E-state index contributed by atoms with van der Waals surface area (Å²) >= 11 is 6.11. The summed E-state index contributed by atoms with van der Waals surface area (Å²) in [6.07, 6.45) is 2.16. The Kier molecular flexibility index (Phi) is 4.35. The van der Waals surface area contributed by atoms with Crippen LogP contribution in [0.3, 0.4) is 0 Å². The van der Waals surface area contributed by atoms with Crippen molar-refractivity contribution in [3.8, 4) is 5.75 Å². The summed E-state index contributed by atoms with van der Waals surface area (Å²) in [4.78, 5) is 14.4. The molecule has 1 aromatic rings. The number of carbonyl (C=O) groups is 1. The van der Waals surface area contributed by atoms with E-state index in [-0.39, 0.29) is 5.91 Å². The summed E-state index contributed by atoms with van der Waals surface area (Å²) in [5, 5.41) is 0.488. The molecule has 4 heteroatoms. The molecular formula is C15H20ClNO2. The first kappa shape index (κ1) is 14.2. The van der Waals surface area contributed by atoms with Crippen LogP contribution in [-0.2, 0) is 0 Å². The van der Waals surface area contributed by atoms with Crippen molar-refractivity contribution in [1.29, 1.82) is 0 Å². The van der Waals surface area contributed by atoms with Gasteiger partial charge in [-0.05, 0) is 43.4 Å². The molecule has 0 atom stereocenters. The van der Waals surface area contributed by atoms with E-state index in [2.05, 4.69) is 6.92 Å². The van der Waals surface area contributed by atoms with Gasteiger partial charge in [0.1, 0.15) is 5.75 Å². The van der Waals surface area contributed by atoms with Crippen LogP contribution in [0.4, 0.5) is 0 Å². The van der Waals surface area contributed by atoms with Gasteiger partial charge in [0.2, 0.25) is 0 Å². The molecule has 0 spiro atoms. The Morgan fingerprint density at radius 2 is 2.00 bits per heavy atom. The minimum Gasteiger partial charge on any atom is -0.495 e. The van der Waals surface area contributed by atoms with Crippen molar-refractivity contribution in [3.05, 3.63) is 28.3 Å². The Morgan fingerprint density at radius 1 is 1.37 bits per heavy atom. The smallest absolute Gasteiger partial charge is 0.254 e. The maximum Gasteiger partial charge on any atom is 0.254 e. The molecule has 1 amide bonds. The van der Waals surface area contributed by atoms with E-state index in [1.165, 1.54) is 0 Å². The molecule has 1 saturated heterocycles. The fourth-order valence-electron chi connectivity index (χ4n) is 2.42. The lowest BCUT2D eigenvalue weighted by Gasteiger charge is -2.30. The van der Waals surface area contributed by atoms with Crippen LogP contribution in [0.1, 0.15) is 35.7 Å². The number of nitrogens with zero attached hydrogens (tertiary/aromatic N) is 1. The van der Waals surface area contributed by atoms with Gasteiger partial charge in [0.25, 0.3) is 5.91 Å². The van der Waals surface area contributed by atoms with Crippen LogP contribution in [-0.4, -0.2) is 31.0 Å². The third-order valence-corrected chi connectivity index (χ3v) is 4.10. The third-order valence-electron chi connectivity index (χ3n) is 3.80. The largest absolute Gasteiger partial charge is 0.495 e. The van der Waals surface area contributed by atoms with E-state index in [4.69, 9.17) is 16.3 Å². The zero-order chi connectivity index (χ0) is 14.0. The van der Waals surface area contributed by atoms with Crippen molar-refractivity contribution in [2.45, 2.75) is 26.7 Å². The topological polar surface area (TPSA) is 29.5 Å². The Labute approximate surface area is 119 Å². The monoisotopic (exact) mass is 281 g/mol. The minimum absolute atomic E-state index is 0.0777. The summed E-state index contributed by atoms with van der Waals surface area (Å²) in [6, 6.07) is 3.54. The van der Waals surface area contributed by atoms with Gasteiger partial charge in [-0.25, -0.2) is 0 Å². The lowest BCUT2D eigenvalue weighted by Crippen LogP contribution is -2.38. The molecule has 1 aliphatic rings. The van der Waals surface area contributed by atoms with Crippen LogP contribution < -0.4 is 4.74 Å². The highest BCUT2D eigenvalue weighted by Gasteiger charge is 2.23. The number of carbonyl (C=O) groups excluding carboxylic acids is 1. The predicted octanol–water partition coefficient (Wildman–Crippen LogP) is 3.53. The second-order valence-electron chi connectivity index (χ2n) is 5.28. The first-order valence-electron chi connectivity index (χ1n) is 6.66. The van der Waals surface area contributed by atoms with Crippen molar-refractivity contribution >= 4 is 17.5 Å². The average Bonchev–Trinajstić information content (AvgIpc) is 2.41. The highest BCUT2D eigenvalue weighted by atomic mass is 35.5. The van der Waals surface area contributed by atoms with Gasteiger partial charge in [0.05, 0.1) is 12.1 Å². The van der Waals surface area contributed by atoms with Gasteiger partial charge in [-0.1, -0.05) is 18.5 Å². The Hall–Kier alpha value is -1.22. The summed E-state index contributed by atoms with van der Waals surface area (Å²) < 4.78 is 5.16. The fourth-order valence-corrected chi connectivity index (χ4v) is 2.66. The van der Waals surface area contributed by atoms with E-state index >= 15 is 0 Å². The molecular weight excluding hydrogens is 262 g/mol. The lowest BCUT2D eigenvalue weighted by atomic mass is 9.98. The Balaban J connectivity index is 2.22. The second-order valence-corrected chi connectivity index (χ2v) is 5.68. The molecule has 3 nitrogen and oxygen atoms in total. The van der Waals surface area contributed by atoms with Crippen molar-refractivity contribution in [2.24, 2.45) is 5.92 Å². The highest BCUT2D eigenvalue weighted by Crippen LogP contribution is 2.29. The van der Waals surface area contributed by atoms with Gasteiger partial charge in [-0.3, -0.25) is 4.79 Å². The van der Waals surface area contributed by atoms with Crippen LogP contribution in [0, 0.1) is 12.8 Å². The van der Waals surface area contributed by atoms with Crippen LogP contribution in [0.5, 0.6) is 5.75 Å². The molecule has 1 heterocycles. The van der Waals surface area contributed by atoms with Crippen molar-refractivity contribution in [3.63, 3.8) is 0 Å². The summed E-state index contributed by atoms with van der Waals surface area (Å²) in [5.74, 6) is 1.40. The summed E-state index contributed by atoms with van der Waals surface area (Å²) in [7, 11) is 1.58. The highest BCUT2D eigenvalue weighted by molar-refractivity contribution is 6.32. The average molecular weight is 282 g/mol. The number of halogens is 1. The molecule has 1 aromatic carbocycles. The molecule has 1 fully saturated rings. The summed E-state index contributed by atoms with van der Waals surface area (Å²) in [5.41, 5.74) is 1.59. The maximum atomic E-state index is 12.5. The number of hydrogen-bond acceptors (Lipinski definition) is 2. The van der Waals surface area contributed by atoms with Gasteiger partial charge >= 0.3 is 0 Å². The quantitative estimate of drug-likeness (QED) is 0.830. The molecule has 0 bridgehead atoms. The zero-order valence-electron chi connectivity index (χ0n) is 11.7. The van der Waals surface area contributed by atoms with E-state index in [9.17, 15) is 4.79 Å². The summed E-state index contributed by atoms with van der Waals surface area (Å²) in [6.45, 7) is 5.82. The van der Waals surface area contributed by atoms with Crippen molar-refractivity contribution in [1.82, 2.24) is 4.90 Å². The van der Waals surface area contributed by atoms with Gasteiger partial charge in [-0.15, -0.1) is 0 Å². The van der Waals surface area contributed by atoms with E-state index < -0.39 is 0 Å². The van der Waals surface area contributed by atoms with Gasteiger partial charge < -0.3 is 9.64 Å². The Morgan fingerprint density at radius 3 is 2.58 bits per heavy atom. The van der Waals surface area contributed by atoms with E-state index in [1.807, 2.05) is 17.9 Å². The number of benzene rings is 1. The Bertz CT molecular complexity index is 479. The van der Waals surface area contributed by atoms with E-state index in [0.717, 1.165) is 31.5 Å². The molecule has 19 heavy (non-hydrogen) atoms. The molecule has 0 N–H and O–H groups in total. The molecule has 0 aliphatic carbocycles. The number of ether oxygens (including phenoxy) is 1. The SMILES string of the molecule is COc1cc(C)c(C(=O)N2CCC(C)CC2)cc1Cl. The molecule has 0 radical (unpaired) electrons. The molecule has 2 rings (SSSR count). The molecule has 0 saturated carbocycles. The van der Waals surface area contributed by atoms with Crippen molar-refractivity contribution in [2.75, 3.05) is 20.2 Å². The normalized spacial score (nSPS) is 16.5. The van der Waals surface area contributed by atoms with Crippen LogP contribution in [0.25, 0.3) is 0 Å².